The van der Waals surface area contributed by atoms with Gasteiger partial charge in [0.15, 0.2) is 6.73 Å². The van der Waals surface area contributed by atoms with Gasteiger partial charge >= 0.3 is 12.1 Å². The second-order valence-electron chi connectivity index (χ2n) is 3.55. The Morgan fingerprint density at radius 3 is 2.75 bits per heavy atom. The van der Waals surface area contributed by atoms with Crippen molar-refractivity contribution < 1.29 is 19.4 Å². The maximum atomic E-state index is 11.4. The van der Waals surface area contributed by atoms with E-state index in [4.69, 9.17) is 9.84 Å². The molecule has 1 atom stereocenters. The van der Waals surface area contributed by atoms with Crippen LogP contribution in [0.3, 0.4) is 0 Å². The summed E-state index contributed by atoms with van der Waals surface area (Å²) in [5.41, 5.74) is 0.914. The molecule has 0 radical (unpaired) electrons. The topological polar surface area (TPSA) is 66.8 Å². The van der Waals surface area contributed by atoms with E-state index in [0.717, 1.165) is 10.5 Å². The molecule has 1 aliphatic rings. The summed E-state index contributed by atoms with van der Waals surface area (Å²) in [6, 6.07) is 8.55. The molecule has 2 rings (SSSR count). The highest BCUT2D eigenvalue weighted by molar-refractivity contribution is 5.83. The first-order chi connectivity index (χ1) is 7.68. The van der Waals surface area contributed by atoms with Gasteiger partial charge < -0.3 is 9.84 Å². The highest BCUT2D eigenvalue weighted by atomic mass is 16.6. The molecule has 0 saturated carbocycles. The minimum Gasteiger partial charge on any atom is -0.465 e. The Morgan fingerprint density at radius 2 is 2.12 bits per heavy atom. The molecule has 1 aliphatic heterocycles. The zero-order chi connectivity index (χ0) is 11.5. The van der Waals surface area contributed by atoms with Gasteiger partial charge in [-0.05, 0) is 5.56 Å². The smallest absolute Gasteiger partial charge is 0.410 e. The molecule has 0 bridgehead atoms. The summed E-state index contributed by atoms with van der Waals surface area (Å²) in [5, 5.41) is 8.87. The first kappa shape index (κ1) is 10.5. The van der Waals surface area contributed by atoms with Crippen LogP contribution in [0.2, 0.25) is 0 Å². The average molecular weight is 221 g/mol. The quantitative estimate of drug-likeness (QED) is 0.759. The normalized spacial score (nSPS) is 19.6. The fraction of sp³-hybridized carbons (Fsp3) is 0.273. The summed E-state index contributed by atoms with van der Waals surface area (Å²) in [4.78, 5) is 23.2. The number of hydrogen-bond acceptors (Lipinski definition) is 3. The summed E-state index contributed by atoms with van der Waals surface area (Å²) in [6.07, 6.45) is -0.779. The summed E-state index contributed by atoms with van der Waals surface area (Å²) in [6.45, 7) is -0.175. The lowest BCUT2D eigenvalue weighted by molar-refractivity contribution is -0.139. The molecule has 1 amide bonds. The van der Waals surface area contributed by atoms with E-state index < -0.39 is 18.1 Å². The maximum absolute atomic E-state index is 11.4. The number of carbonyl (C=O) groups is 2. The van der Waals surface area contributed by atoms with Crippen LogP contribution in [-0.2, 0) is 16.0 Å². The van der Waals surface area contributed by atoms with Crippen LogP contribution >= 0.6 is 0 Å². The van der Waals surface area contributed by atoms with Crippen LogP contribution in [-0.4, -0.2) is 34.8 Å². The van der Waals surface area contributed by atoms with Crippen LogP contribution in [0.25, 0.3) is 0 Å². The van der Waals surface area contributed by atoms with E-state index in [9.17, 15) is 9.59 Å². The van der Waals surface area contributed by atoms with Gasteiger partial charge in [-0.15, -0.1) is 0 Å². The van der Waals surface area contributed by atoms with Gasteiger partial charge in [-0.25, -0.2) is 9.59 Å². The molecule has 84 valence electrons. The van der Waals surface area contributed by atoms with Crippen molar-refractivity contribution >= 4 is 12.1 Å². The Morgan fingerprint density at radius 1 is 1.44 bits per heavy atom. The van der Waals surface area contributed by atoms with Crippen molar-refractivity contribution in [2.24, 2.45) is 0 Å². The summed E-state index contributed by atoms with van der Waals surface area (Å²) in [7, 11) is 0. The van der Waals surface area contributed by atoms with Crippen LogP contribution in [0.4, 0.5) is 4.79 Å². The van der Waals surface area contributed by atoms with Gasteiger partial charge in [0.1, 0.15) is 6.04 Å². The lowest BCUT2D eigenvalue weighted by Crippen LogP contribution is -2.38. The van der Waals surface area contributed by atoms with Crippen LogP contribution < -0.4 is 0 Å². The lowest BCUT2D eigenvalue weighted by Gasteiger charge is -2.16. The Bertz CT molecular complexity index is 404. The number of esters is 1. The van der Waals surface area contributed by atoms with E-state index in [0.29, 0.717) is 6.42 Å². The number of carboxylic acid groups (broad SMARTS) is 1. The van der Waals surface area contributed by atoms with Gasteiger partial charge in [-0.3, -0.25) is 4.90 Å². The molecule has 1 heterocycles. The fourth-order valence-electron chi connectivity index (χ4n) is 1.67. The Balaban J connectivity index is 2.13. The molecule has 1 aromatic carbocycles. The van der Waals surface area contributed by atoms with Crippen molar-refractivity contribution in [3.63, 3.8) is 0 Å². The third-order valence-corrected chi connectivity index (χ3v) is 2.51. The first-order valence-electron chi connectivity index (χ1n) is 4.88. The van der Waals surface area contributed by atoms with Crippen LogP contribution in [0.1, 0.15) is 5.56 Å². The zero-order valence-electron chi connectivity index (χ0n) is 8.50. The fourth-order valence-corrected chi connectivity index (χ4v) is 1.67. The number of amides is 1. The van der Waals surface area contributed by atoms with Gasteiger partial charge in [0.2, 0.25) is 0 Å². The maximum Gasteiger partial charge on any atom is 0.410 e. The number of nitrogens with zero attached hydrogens (tertiary/aromatic N) is 1. The van der Waals surface area contributed by atoms with Crippen LogP contribution in [0, 0.1) is 0 Å². The number of hydrogen-bond donors (Lipinski definition) is 1. The van der Waals surface area contributed by atoms with E-state index in [1.165, 1.54) is 0 Å². The highest BCUT2D eigenvalue weighted by Crippen LogP contribution is 2.16. The lowest BCUT2D eigenvalue weighted by atomic mass is 10.1. The van der Waals surface area contributed by atoms with E-state index in [1.54, 1.807) is 0 Å². The second-order valence-corrected chi connectivity index (χ2v) is 3.55. The minimum atomic E-state index is -1.13. The largest absolute Gasteiger partial charge is 0.465 e. The molecule has 5 nitrogen and oxygen atoms in total. The standard InChI is InChI=1S/C11H11NO4/c13-10-9(12(7-16-10)11(14)15)6-8-4-2-1-3-5-8/h1-5,9H,6-7H2,(H,14,15)/t9-/m0/s1. The molecule has 1 fully saturated rings. The van der Waals surface area contributed by atoms with Crippen LogP contribution in [0.5, 0.6) is 0 Å². The first-order valence-corrected chi connectivity index (χ1v) is 4.88. The highest BCUT2D eigenvalue weighted by Gasteiger charge is 2.37. The molecule has 0 unspecified atom stereocenters. The summed E-state index contributed by atoms with van der Waals surface area (Å²) < 4.78 is 4.72. The van der Waals surface area contributed by atoms with Crippen molar-refractivity contribution in [2.75, 3.05) is 6.73 Å². The third-order valence-electron chi connectivity index (χ3n) is 2.51. The molecule has 0 spiro atoms. The molecule has 1 aromatic rings. The van der Waals surface area contributed by atoms with E-state index >= 15 is 0 Å². The molecule has 16 heavy (non-hydrogen) atoms. The number of benzene rings is 1. The number of cyclic esters (lactones) is 1. The van der Waals surface area contributed by atoms with Gasteiger partial charge in [0, 0.05) is 6.42 Å². The molecule has 1 saturated heterocycles. The molecular formula is C11H11NO4. The molecule has 1 N–H and O–H groups in total. The van der Waals surface area contributed by atoms with E-state index in [-0.39, 0.29) is 6.73 Å². The number of ether oxygens (including phenoxy) is 1. The molecule has 0 aliphatic carbocycles. The Kier molecular flexibility index (Phi) is 2.76. The average Bonchev–Trinajstić information content (AvgIpc) is 2.62. The monoisotopic (exact) mass is 221 g/mol. The number of carbonyl (C=O) groups excluding carboxylic acids is 1. The summed E-state index contributed by atoms with van der Waals surface area (Å²) in [5.74, 6) is -0.480. The van der Waals surface area contributed by atoms with E-state index in [1.807, 2.05) is 30.3 Å². The van der Waals surface area contributed by atoms with Crippen molar-refractivity contribution in [1.82, 2.24) is 4.90 Å². The molecular weight excluding hydrogens is 210 g/mol. The van der Waals surface area contributed by atoms with Crippen molar-refractivity contribution in [3.8, 4) is 0 Å². The predicted molar refractivity (Wildman–Crippen MR) is 54.8 cm³/mol. The van der Waals surface area contributed by atoms with Crippen LogP contribution in [0.15, 0.2) is 30.3 Å². The Labute approximate surface area is 92.2 Å². The van der Waals surface area contributed by atoms with Crippen molar-refractivity contribution in [3.05, 3.63) is 35.9 Å². The molecule has 5 heteroatoms. The SMILES string of the molecule is O=C1OCN(C(=O)O)[C@H]1Cc1ccccc1. The van der Waals surface area contributed by atoms with Gasteiger partial charge in [-0.1, -0.05) is 30.3 Å². The van der Waals surface area contributed by atoms with Crippen molar-refractivity contribution in [2.45, 2.75) is 12.5 Å². The Hall–Kier alpha value is -2.04. The predicted octanol–water partition coefficient (Wildman–Crippen LogP) is 1.09. The van der Waals surface area contributed by atoms with Gasteiger partial charge in [-0.2, -0.15) is 0 Å². The van der Waals surface area contributed by atoms with Crippen molar-refractivity contribution in [1.29, 1.82) is 0 Å². The third kappa shape index (κ3) is 1.98. The second kappa shape index (κ2) is 4.22. The van der Waals surface area contributed by atoms with E-state index in [2.05, 4.69) is 0 Å². The molecule has 0 aromatic heterocycles. The van der Waals surface area contributed by atoms with Gasteiger partial charge in [0.05, 0.1) is 0 Å². The zero-order valence-corrected chi connectivity index (χ0v) is 8.50. The van der Waals surface area contributed by atoms with Gasteiger partial charge in [0.25, 0.3) is 0 Å². The minimum absolute atomic E-state index is 0.175. The summed E-state index contributed by atoms with van der Waals surface area (Å²) >= 11 is 0. The number of rotatable bonds is 2.